The van der Waals surface area contributed by atoms with E-state index in [1.807, 2.05) is 0 Å². The van der Waals surface area contributed by atoms with Gasteiger partial charge in [0.1, 0.15) is 22.3 Å². The Balaban J connectivity index is 1.73. The van der Waals surface area contributed by atoms with Gasteiger partial charge in [0.2, 0.25) is 15.9 Å². The van der Waals surface area contributed by atoms with Crippen molar-refractivity contribution in [1.29, 1.82) is 0 Å². The van der Waals surface area contributed by atoms with Crippen LogP contribution in [0, 0.1) is 17.5 Å². The molecule has 0 unspecified atom stereocenters. The van der Waals surface area contributed by atoms with E-state index in [9.17, 15) is 26.4 Å². The van der Waals surface area contributed by atoms with Crippen LogP contribution in [-0.4, -0.2) is 26.9 Å². The third-order valence-electron chi connectivity index (χ3n) is 5.51. The molecular weight excluding hydrogens is 417 g/mol. The van der Waals surface area contributed by atoms with Gasteiger partial charge in [-0.05, 0) is 44.0 Å². The van der Waals surface area contributed by atoms with Crippen LogP contribution < -0.4 is 10.0 Å². The van der Waals surface area contributed by atoms with Gasteiger partial charge in [0.25, 0.3) is 0 Å². The van der Waals surface area contributed by atoms with Crippen LogP contribution in [0.4, 0.5) is 13.2 Å². The van der Waals surface area contributed by atoms with Gasteiger partial charge in [0, 0.05) is 17.5 Å². The highest BCUT2D eigenvalue weighted by atomic mass is 32.2. The molecule has 1 fully saturated rings. The Labute approximate surface area is 173 Å². The summed E-state index contributed by atoms with van der Waals surface area (Å²) in [5.41, 5.74) is -0.947. The van der Waals surface area contributed by atoms with E-state index in [4.69, 9.17) is 0 Å². The van der Waals surface area contributed by atoms with Crippen LogP contribution in [0.1, 0.15) is 38.2 Å². The molecule has 1 atom stereocenters. The van der Waals surface area contributed by atoms with Crippen LogP contribution in [0.3, 0.4) is 0 Å². The van der Waals surface area contributed by atoms with Gasteiger partial charge >= 0.3 is 0 Å². The first-order valence-corrected chi connectivity index (χ1v) is 11.1. The Morgan fingerprint density at radius 1 is 1.00 bits per heavy atom. The molecule has 30 heavy (non-hydrogen) atoms. The molecule has 0 aromatic heterocycles. The Bertz CT molecular complexity index is 1020. The normalized spacial score (nSPS) is 16.9. The van der Waals surface area contributed by atoms with Crippen molar-refractivity contribution < 1.29 is 26.4 Å². The summed E-state index contributed by atoms with van der Waals surface area (Å²) in [6.45, 7) is 1.29. The molecule has 0 radical (unpaired) electrons. The molecule has 2 aromatic rings. The van der Waals surface area contributed by atoms with Gasteiger partial charge in [0.05, 0.1) is 6.04 Å². The van der Waals surface area contributed by atoms with Gasteiger partial charge < -0.3 is 5.32 Å². The van der Waals surface area contributed by atoms with Crippen molar-refractivity contribution in [3.63, 3.8) is 0 Å². The van der Waals surface area contributed by atoms with Crippen molar-refractivity contribution in [2.24, 2.45) is 0 Å². The average molecular weight is 440 g/mol. The summed E-state index contributed by atoms with van der Waals surface area (Å²) in [6.07, 6.45) is 2.53. The van der Waals surface area contributed by atoms with Crippen molar-refractivity contribution in [3.8, 4) is 0 Å². The van der Waals surface area contributed by atoms with Gasteiger partial charge in [0.15, 0.2) is 0 Å². The Kier molecular flexibility index (Phi) is 6.52. The van der Waals surface area contributed by atoms with Gasteiger partial charge in [-0.15, -0.1) is 0 Å². The summed E-state index contributed by atoms with van der Waals surface area (Å²) < 4.78 is 69.5. The van der Waals surface area contributed by atoms with Crippen LogP contribution in [0.5, 0.6) is 0 Å². The third-order valence-corrected chi connectivity index (χ3v) is 7.08. The molecule has 9 heteroatoms. The first kappa shape index (κ1) is 22.3. The fourth-order valence-electron chi connectivity index (χ4n) is 3.99. The molecule has 2 N–H and O–H groups in total. The molecule has 1 amide bonds. The van der Waals surface area contributed by atoms with Gasteiger partial charge in [-0.3, -0.25) is 4.79 Å². The van der Waals surface area contributed by atoms with E-state index in [1.165, 1.54) is 37.3 Å². The third kappa shape index (κ3) is 4.52. The minimum Gasteiger partial charge on any atom is -0.354 e. The monoisotopic (exact) mass is 440 g/mol. The van der Waals surface area contributed by atoms with Gasteiger partial charge in [-0.2, -0.15) is 4.72 Å². The highest BCUT2D eigenvalue weighted by molar-refractivity contribution is 7.89. The highest BCUT2D eigenvalue weighted by Crippen LogP contribution is 2.42. The molecule has 1 aliphatic carbocycles. The smallest absolute Gasteiger partial charge is 0.244 e. The number of rotatable bonds is 7. The highest BCUT2D eigenvalue weighted by Gasteiger charge is 2.40. The maximum atomic E-state index is 14.4. The maximum absolute atomic E-state index is 14.4. The van der Waals surface area contributed by atoms with Crippen LogP contribution in [0.2, 0.25) is 0 Å². The van der Waals surface area contributed by atoms with Crippen LogP contribution in [-0.2, 0) is 20.2 Å². The number of carbonyl (C=O) groups is 1. The number of sulfonamides is 1. The summed E-state index contributed by atoms with van der Waals surface area (Å²) in [6, 6.07) is 7.27. The molecule has 0 saturated heterocycles. The SMILES string of the molecule is C[C@H](NS(=O)(=O)c1ccccc1F)C(=O)NCC1(c2c(F)cccc2F)CCCC1. The largest absolute Gasteiger partial charge is 0.354 e. The molecular formula is C21H23F3N2O3S. The number of halogens is 3. The molecule has 5 nitrogen and oxygen atoms in total. The molecule has 0 heterocycles. The second-order valence-corrected chi connectivity index (χ2v) is 9.26. The summed E-state index contributed by atoms with van der Waals surface area (Å²) in [4.78, 5) is 12.0. The molecule has 0 aliphatic heterocycles. The summed E-state index contributed by atoms with van der Waals surface area (Å²) in [5, 5.41) is 2.61. The number of nitrogens with one attached hydrogen (secondary N) is 2. The van der Waals surface area contributed by atoms with E-state index in [0.717, 1.165) is 25.0 Å². The number of hydrogen-bond acceptors (Lipinski definition) is 3. The first-order valence-electron chi connectivity index (χ1n) is 9.65. The summed E-state index contributed by atoms with van der Waals surface area (Å²) >= 11 is 0. The molecule has 3 rings (SSSR count). The fourth-order valence-corrected chi connectivity index (χ4v) is 5.28. The van der Waals surface area contributed by atoms with Crippen molar-refractivity contribution >= 4 is 15.9 Å². The molecule has 0 spiro atoms. The van der Waals surface area contributed by atoms with Gasteiger partial charge in [-0.1, -0.05) is 31.0 Å². The zero-order valence-electron chi connectivity index (χ0n) is 16.4. The predicted octanol–water partition coefficient (Wildman–Crippen LogP) is 3.40. The van der Waals surface area contributed by atoms with Crippen LogP contribution in [0.25, 0.3) is 0 Å². The quantitative estimate of drug-likeness (QED) is 0.693. The molecule has 0 bridgehead atoms. The zero-order valence-corrected chi connectivity index (χ0v) is 17.2. The summed E-state index contributed by atoms with van der Waals surface area (Å²) in [7, 11) is -4.26. The lowest BCUT2D eigenvalue weighted by molar-refractivity contribution is -0.122. The Hall–Kier alpha value is -2.39. The van der Waals surface area contributed by atoms with Crippen molar-refractivity contribution in [2.45, 2.75) is 49.0 Å². The van der Waals surface area contributed by atoms with E-state index in [2.05, 4.69) is 10.0 Å². The second-order valence-electron chi connectivity index (χ2n) is 7.58. The van der Waals surface area contributed by atoms with Crippen molar-refractivity contribution in [3.05, 3.63) is 65.5 Å². The fraction of sp³-hybridized carbons (Fsp3) is 0.381. The number of hydrogen-bond donors (Lipinski definition) is 2. The lowest BCUT2D eigenvalue weighted by Gasteiger charge is -2.31. The van der Waals surface area contributed by atoms with Crippen LogP contribution in [0.15, 0.2) is 47.4 Å². The van der Waals surface area contributed by atoms with E-state index in [0.29, 0.717) is 12.8 Å². The molecule has 1 saturated carbocycles. The average Bonchev–Trinajstić information content (AvgIpc) is 3.15. The molecule has 2 aromatic carbocycles. The first-order chi connectivity index (χ1) is 14.2. The van der Waals surface area contributed by atoms with E-state index < -0.39 is 49.7 Å². The minimum absolute atomic E-state index is 0.0323. The number of amides is 1. The topological polar surface area (TPSA) is 75.3 Å². The van der Waals surface area contributed by atoms with E-state index in [-0.39, 0.29) is 12.1 Å². The predicted molar refractivity (Wildman–Crippen MR) is 106 cm³/mol. The molecule has 162 valence electrons. The van der Waals surface area contributed by atoms with E-state index in [1.54, 1.807) is 0 Å². The van der Waals surface area contributed by atoms with Crippen molar-refractivity contribution in [2.75, 3.05) is 6.54 Å². The number of carbonyl (C=O) groups excluding carboxylic acids is 1. The standard InChI is InChI=1S/C21H23F3N2O3S/c1-14(26-30(28,29)18-10-3-2-7-15(18)22)20(27)25-13-21(11-4-5-12-21)19-16(23)8-6-9-17(19)24/h2-3,6-10,14,26H,4-5,11-13H2,1H3,(H,25,27)/t14-/m0/s1. The lowest BCUT2D eigenvalue weighted by atomic mass is 9.78. The Morgan fingerprint density at radius 2 is 1.57 bits per heavy atom. The van der Waals surface area contributed by atoms with Crippen LogP contribution >= 0.6 is 0 Å². The molecule has 1 aliphatic rings. The van der Waals surface area contributed by atoms with E-state index >= 15 is 0 Å². The minimum atomic E-state index is -4.26. The second kappa shape index (κ2) is 8.77. The lowest BCUT2D eigenvalue weighted by Crippen LogP contribution is -2.48. The van der Waals surface area contributed by atoms with Crippen molar-refractivity contribution in [1.82, 2.24) is 10.0 Å². The zero-order chi connectivity index (χ0) is 21.9. The summed E-state index contributed by atoms with van der Waals surface area (Å²) in [5.74, 6) is -2.94. The maximum Gasteiger partial charge on any atom is 0.244 e. The van der Waals surface area contributed by atoms with Gasteiger partial charge in [-0.25, -0.2) is 21.6 Å². The Morgan fingerprint density at radius 3 is 2.17 bits per heavy atom. The number of benzene rings is 2.